The van der Waals surface area contributed by atoms with E-state index < -0.39 is 6.04 Å². The average molecular weight is 521 g/mol. The van der Waals surface area contributed by atoms with Gasteiger partial charge in [-0.3, -0.25) is 4.79 Å². The van der Waals surface area contributed by atoms with Gasteiger partial charge in [0.25, 0.3) is 5.91 Å². The molecule has 6 rings (SSSR count). The highest BCUT2D eigenvalue weighted by Crippen LogP contribution is 2.39. The first-order chi connectivity index (χ1) is 18.5. The molecule has 8 heteroatoms. The minimum Gasteiger partial charge on any atom is -0.361 e. The van der Waals surface area contributed by atoms with E-state index in [0.29, 0.717) is 16.7 Å². The summed E-state index contributed by atoms with van der Waals surface area (Å²) in [5.74, 6) is 1.21. The van der Waals surface area contributed by atoms with Crippen molar-refractivity contribution in [2.24, 2.45) is 0 Å². The van der Waals surface area contributed by atoms with E-state index in [9.17, 15) is 4.79 Å². The zero-order valence-corrected chi connectivity index (χ0v) is 22.3. The second-order valence-electron chi connectivity index (χ2n) is 9.49. The number of hydrogen-bond donors (Lipinski definition) is 3. The molecule has 0 bridgehead atoms. The van der Waals surface area contributed by atoms with Crippen LogP contribution in [0.4, 0.5) is 11.6 Å². The first-order valence-corrected chi connectivity index (χ1v) is 13.5. The number of carbonyl (C=O) groups excluding carboxylic acids is 1. The van der Waals surface area contributed by atoms with Gasteiger partial charge in [-0.1, -0.05) is 72.4 Å². The molecule has 0 aliphatic carbocycles. The monoisotopic (exact) mass is 520 g/mol. The Morgan fingerprint density at radius 1 is 1.00 bits per heavy atom. The number of anilines is 2. The number of carbonyl (C=O) groups is 1. The summed E-state index contributed by atoms with van der Waals surface area (Å²) in [5, 5.41) is 13.1. The van der Waals surface area contributed by atoms with Crippen molar-refractivity contribution in [3.63, 3.8) is 0 Å². The number of thioether (sulfide) groups is 1. The summed E-state index contributed by atoms with van der Waals surface area (Å²) in [7, 11) is 0. The van der Waals surface area contributed by atoms with Gasteiger partial charge in [-0.25, -0.2) is 4.68 Å². The molecule has 0 saturated heterocycles. The predicted octanol–water partition coefficient (Wildman–Crippen LogP) is 6.60. The molecule has 1 amide bonds. The van der Waals surface area contributed by atoms with Crippen LogP contribution >= 0.6 is 11.8 Å². The summed E-state index contributed by atoms with van der Waals surface area (Å²) >= 11 is 1.58. The molecule has 3 heterocycles. The molecule has 2 aromatic heterocycles. The molecule has 1 atom stereocenters. The molecular weight excluding hydrogens is 492 g/mol. The van der Waals surface area contributed by atoms with Crippen LogP contribution in [0.15, 0.2) is 95.4 Å². The topological polar surface area (TPSA) is 87.6 Å². The van der Waals surface area contributed by atoms with Crippen molar-refractivity contribution in [1.82, 2.24) is 19.7 Å². The van der Waals surface area contributed by atoms with Crippen LogP contribution in [-0.2, 0) is 10.5 Å². The Hall–Kier alpha value is -4.30. The van der Waals surface area contributed by atoms with Crippen LogP contribution in [0.2, 0.25) is 0 Å². The smallest absolute Gasteiger partial charge is 0.255 e. The van der Waals surface area contributed by atoms with Gasteiger partial charge in [-0.15, -0.1) is 5.10 Å². The van der Waals surface area contributed by atoms with Gasteiger partial charge in [0.2, 0.25) is 11.1 Å². The van der Waals surface area contributed by atoms with Crippen LogP contribution in [-0.4, -0.2) is 25.7 Å². The Kier molecular flexibility index (Phi) is 6.25. The normalized spacial score (nSPS) is 14.9. The molecule has 1 aliphatic heterocycles. The highest BCUT2D eigenvalue weighted by atomic mass is 32.2. The number of nitrogens with zero attached hydrogens (tertiary/aromatic N) is 3. The summed E-state index contributed by atoms with van der Waals surface area (Å²) in [6, 6.07) is 23.9. The number of aromatic amines is 1. The van der Waals surface area contributed by atoms with Crippen molar-refractivity contribution in [2.45, 2.75) is 37.7 Å². The number of aryl methyl sites for hydroxylation is 1. The van der Waals surface area contributed by atoms with Crippen molar-refractivity contribution in [2.75, 3.05) is 10.6 Å². The number of rotatable bonds is 6. The SMILES string of the molecule is CC1=C(C(=O)Nc2cccc(C)c2C)C(c2c[nH]c3ccccc23)n2nc(SCc3ccccc3)nc2N1. The Bertz CT molecular complexity index is 1680. The molecule has 0 spiro atoms. The van der Waals surface area contributed by atoms with E-state index in [1.807, 2.05) is 86.2 Å². The van der Waals surface area contributed by atoms with E-state index in [-0.39, 0.29) is 5.91 Å². The van der Waals surface area contributed by atoms with Crippen molar-refractivity contribution in [1.29, 1.82) is 0 Å². The summed E-state index contributed by atoms with van der Waals surface area (Å²) in [4.78, 5) is 22.1. The molecule has 5 aromatic rings. The van der Waals surface area contributed by atoms with Crippen LogP contribution in [0, 0.1) is 13.8 Å². The Labute approximate surface area is 225 Å². The molecule has 0 saturated carbocycles. The maximum atomic E-state index is 13.9. The Balaban J connectivity index is 1.41. The van der Waals surface area contributed by atoms with E-state index in [1.54, 1.807) is 11.8 Å². The lowest BCUT2D eigenvalue weighted by Gasteiger charge is -2.28. The number of fused-ring (bicyclic) bond motifs is 2. The second-order valence-corrected chi connectivity index (χ2v) is 10.4. The van der Waals surface area contributed by atoms with Gasteiger partial charge >= 0.3 is 0 Å². The van der Waals surface area contributed by atoms with E-state index in [1.165, 1.54) is 5.56 Å². The van der Waals surface area contributed by atoms with Crippen LogP contribution in [0.1, 0.15) is 35.2 Å². The highest BCUT2D eigenvalue weighted by Gasteiger charge is 2.36. The summed E-state index contributed by atoms with van der Waals surface area (Å²) < 4.78 is 1.84. The summed E-state index contributed by atoms with van der Waals surface area (Å²) in [6.07, 6.45) is 1.97. The molecule has 1 aliphatic rings. The number of amides is 1. The minimum absolute atomic E-state index is 0.168. The van der Waals surface area contributed by atoms with Gasteiger partial charge in [0.05, 0.1) is 5.57 Å². The lowest BCUT2D eigenvalue weighted by atomic mass is 9.94. The third-order valence-corrected chi connectivity index (χ3v) is 7.97. The van der Waals surface area contributed by atoms with Crippen molar-refractivity contribution >= 4 is 40.2 Å². The molecule has 7 nitrogen and oxygen atoms in total. The highest BCUT2D eigenvalue weighted by molar-refractivity contribution is 7.98. The van der Waals surface area contributed by atoms with Crippen LogP contribution in [0.25, 0.3) is 10.9 Å². The van der Waals surface area contributed by atoms with E-state index >= 15 is 0 Å². The van der Waals surface area contributed by atoms with Gasteiger partial charge in [-0.2, -0.15) is 4.98 Å². The van der Waals surface area contributed by atoms with Gasteiger partial charge in [0, 0.05) is 39.8 Å². The van der Waals surface area contributed by atoms with Gasteiger partial charge < -0.3 is 15.6 Å². The molecule has 0 radical (unpaired) electrons. The minimum atomic E-state index is -0.453. The molecular formula is C30H28N6OS. The van der Waals surface area contributed by atoms with Crippen molar-refractivity contribution in [3.05, 3.63) is 113 Å². The number of H-pyrrole nitrogens is 1. The Morgan fingerprint density at radius 3 is 2.63 bits per heavy atom. The molecule has 1 unspecified atom stereocenters. The Morgan fingerprint density at radius 2 is 1.79 bits per heavy atom. The summed E-state index contributed by atoms with van der Waals surface area (Å²) in [6.45, 7) is 5.99. The third-order valence-electron chi connectivity index (χ3n) is 7.06. The first kappa shape index (κ1) is 24.1. The van der Waals surface area contributed by atoms with Crippen LogP contribution in [0.5, 0.6) is 0 Å². The average Bonchev–Trinajstić information content (AvgIpc) is 3.54. The molecule has 3 N–H and O–H groups in total. The largest absolute Gasteiger partial charge is 0.361 e. The fourth-order valence-corrected chi connectivity index (χ4v) is 5.68. The van der Waals surface area contributed by atoms with E-state index in [4.69, 9.17) is 10.1 Å². The lowest BCUT2D eigenvalue weighted by Crippen LogP contribution is -2.31. The number of hydrogen-bond acceptors (Lipinski definition) is 5. The van der Waals surface area contributed by atoms with Crippen molar-refractivity contribution < 1.29 is 4.79 Å². The van der Waals surface area contributed by atoms with Gasteiger partial charge in [-0.05, 0) is 49.6 Å². The molecule has 0 fully saturated rings. The number of aromatic nitrogens is 4. The quantitative estimate of drug-likeness (QED) is 0.220. The maximum Gasteiger partial charge on any atom is 0.255 e. The van der Waals surface area contributed by atoms with Gasteiger partial charge in [0.1, 0.15) is 6.04 Å². The van der Waals surface area contributed by atoms with Crippen LogP contribution < -0.4 is 10.6 Å². The third kappa shape index (κ3) is 4.37. The van der Waals surface area contributed by atoms with Crippen LogP contribution in [0.3, 0.4) is 0 Å². The summed E-state index contributed by atoms with van der Waals surface area (Å²) in [5.41, 5.74) is 7.52. The number of allylic oxidation sites excluding steroid dienone is 1. The van der Waals surface area contributed by atoms with E-state index in [2.05, 4.69) is 33.8 Å². The number of para-hydroxylation sites is 1. The molecule has 190 valence electrons. The van der Waals surface area contributed by atoms with Gasteiger partial charge in [0.15, 0.2) is 0 Å². The van der Waals surface area contributed by atoms with Crippen molar-refractivity contribution in [3.8, 4) is 0 Å². The zero-order chi connectivity index (χ0) is 26.2. The maximum absolute atomic E-state index is 13.9. The second kappa shape index (κ2) is 9.87. The lowest BCUT2D eigenvalue weighted by molar-refractivity contribution is -0.113. The fourth-order valence-electron chi connectivity index (χ4n) is 4.89. The molecule has 3 aromatic carbocycles. The first-order valence-electron chi connectivity index (χ1n) is 12.5. The number of benzene rings is 3. The fraction of sp³-hybridized carbons (Fsp3) is 0.167. The zero-order valence-electron chi connectivity index (χ0n) is 21.4. The number of nitrogens with one attached hydrogen (secondary N) is 3. The van der Waals surface area contributed by atoms with E-state index in [0.717, 1.165) is 44.7 Å². The standard InChI is InChI=1S/C30H28N6OS/c1-18-10-9-15-24(19(18)2)33-28(37)26-20(3)32-29-34-30(38-17-21-11-5-4-6-12-21)35-36(29)27(26)23-16-31-25-14-8-7-13-22(23)25/h4-16,27,31H,17H2,1-3H3,(H,33,37)(H,32,34,35). The molecule has 38 heavy (non-hydrogen) atoms. The predicted molar refractivity (Wildman–Crippen MR) is 153 cm³/mol.